The molecule has 0 amide bonds. The summed E-state index contributed by atoms with van der Waals surface area (Å²) in [5.74, 6) is -4.01. The maximum Gasteiger partial charge on any atom is 0.341 e. The van der Waals surface area contributed by atoms with Gasteiger partial charge in [0.25, 0.3) is 12.3 Å². The number of carboxylic acid groups (broad SMARTS) is 1. The van der Waals surface area contributed by atoms with Crippen molar-refractivity contribution in [3.63, 3.8) is 0 Å². The largest absolute Gasteiger partial charge is 0.482 e. The molecule has 158 valence electrons. The van der Waals surface area contributed by atoms with Crippen molar-refractivity contribution in [3.8, 4) is 17.0 Å². The molecule has 2 aromatic rings. The first-order valence-electron chi connectivity index (χ1n) is 9.39. The van der Waals surface area contributed by atoms with Gasteiger partial charge in [-0.2, -0.15) is 0 Å². The molecule has 0 radical (unpaired) electrons. The van der Waals surface area contributed by atoms with E-state index < -0.39 is 42.9 Å². The van der Waals surface area contributed by atoms with Gasteiger partial charge in [0.05, 0.1) is 24.5 Å². The molecular weight excluding hydrogens is 408 g/mol. The van der Waals surface area contributed by atoms with Gasteiger partial charge >= 0.3 is 5.97 Å². The molecule has 0 aliphatic carbocycles. The second kappa shape index (κ2) is 6.23. The van der Waals surface area contributed by atoms with E-state index in [4.69, 9.17) is 4.74 Å². The van der Waals surface area contributed by atoms with E-state index in [1.807, 2.05) is 0 Å². The molecule has 0 saturated carbocycles. The number of halogens is 4. The molecule has 0 spiro atoms. The van der Waals surface area contributed by atoms with E-state index in [0.717, 1.165) is 5.56 Å². The minimum atomic E-state index is -2.87. The monoisotopic (exact) mass is 424 g/mol. The molecule has 10 heteroatoms. The molecule has 1 aromatic carbocycles. The van der Waals surface area contributed by atoms with Crippen LogP contribution in [0.5, 0.6) is 5.75 Å². The van der Waals surface area contributed by atoms with Gasteiger partial charge in [0.15, 0.2) is 11.5 Å². The van der Waals surface area contributed by atoms with Crippen LogP contribution in [-0.4, -0.2) is 47.2 Å². The van der Waals surface area contributed by atoms with Crippen LogP contribution in [0.4, 0.5) is 23.2 Å². The van der Waals surface area contributed by atoms with Crippen molar-refractivity contribution in [1.29, 1.82) is 0 Å². The number of pyridine rings is 1. The molecule has 1 N–H and O–H groups in total. The number of nitrogens with zero attached hydrogens (tertiary/aromatic N) is 2. The van der Waals surface area contributed by atoms with Gasteiger partial charge in [-0.15, -0.1) is 0 Å². The molecule has 3 aliphatic heterocycles. The lowest BCUT2D eigenvalue weighted by Gasteiger charge is -2.41. The van der Waals surface area contributed by atoms with Crippen LogP contribution < -0.4 is 15.1 Å². The Balaban J connectivity index is 1.68. The lowest BCUT2D eigenvalue weighted by atomic mass is 9.89. The molecule has 1 unspecified atom stereocenters. The van der Waals surface area contributed by atoms with E-state index in [1.165, 1.54) is 17.2 Å². The molecule has 4 heterocycles. The van der Waals surface area contributed by atoms with E-state index in [0.29, 0.717) is 35.5 Å². The number of aromatic carboxylic acids is 1. The van der Waals surface area contributed by atoms with Crippen LogP contribution in [0.3, 0.4) is 0 Å². The maximum atomic E-state index is 13.5. The fraction of sp³-hybridized carbons (Fsp3) is 0.400. The van der Waals surface area contributed by atoms with Crippen LogP contribution in [0.25, 0.3) is 11.3 Å². The summed E-state index contributed by atoms with van der Waals surface area (Å²) in [4.78, 5) is 24.9. The third-order valence-corrected chi connectivity index (χ3v) is 5.85. The Hall–Kier alpha value is -3.04. The molecule has 30 heavy (non-hydrogen) atoms. The van der Waals surface area contributed by atoms with Crippen LogP contribution in [0.2, 0.25) is 0 Å². The Morgan fingerprint density at radius 3 is 2.60 bits per heavy atom. The number of hydrogen-bond acceptors (Lipinski definition) is 4. The topological polar surface area (TPSA) is 71.8 Å². The molecule has 0 bridgehead atoms. The Labute approximate surface area is 167 Å². The smallest absolute Gasteiger partial charge is 0.341 e. The van der Waals surface area contributed by atoms with Crippen LogP contribution in [0.1, 0.15) is 21.5 Å². The normalized spacial score (nSPS) is 20.8. The Morgan fingerprint density at radius 2 is 1.97 bits per heavy atom. The summed E-state index contributed by atoms with van der Waals surface area (Å²) in [5.41, 5.74) is 1.51. The number of alkyl halides is 4. The zero-order chi connectivity index (χ0) is 21.4. The van der Waals surface area contributed by atoms with Crippen molar-refractivity contribution in [2.45, 2.75) is 37.8 Å². The van der Waals surface area contributed by atoms with Gasteiger partial charge in [-0.3, -0.25) is 4.79 Å². The molecule has 5 rings (SSSR count). The van der Waals surface area contributed by atoms with E-state index in [2.05, 4.69) is 0 Å². The summed E-state index contributed by atoms with van der Waals surface area (Å²) in [6.07, 6.45) is -2.46. The SMILES string of the molecule is O=C(O)c1cn2c(cc1=O)-c1cc(N3CC(F)(F)C3)c3c(c1CC2)CC(C(F)F)O3. The fourth-order valence-corrected chi connectivity index (χ4v) is 4.44. The average Bonchev–Trinajstić information content (AvgIpc) is 3.10. The number of fused-ring (bicyclic) bond motifs is 5. The summed E-state index contributed by atoms with van der Waals surface area (Å²) in [5, 5.41) is 9.20. The Bertz CT molecular complexity index is 1140. The highest BCUT2D eigenvalue weighted by atomic mass is 19.3. The highest BCUT2D eigenvalue weighted by Crippen LogP contribution is 2.49. The number of carbonyl (C=O) groups is 1. The lowest BCUT2D eigenvalue weighted by molar-refractivity contribution is -0.0268. The zero-order valence-corrected chi connectivity index (χ0v) is 15.5. The minimum Gasteiger partial charge on any atom is -0.482 e. The molecule has 6 nitrogen and oxygen atoms in total. The lowest BCUT2D eigenvalue weighted by Crippen LogP contribution is -2.56. The number of aromatic nitrogens is 1. The first-order chi connectivity index (χ1) is 14.1. The molecule has 1 fully saturated rings. The number of benzene rings is 1. The van der Waals surface area contributed by atoms with Crippen LogP contribution in [0.15, 0.2) is 23.1 Å². The van der Waals surface area contributed by atoms with Crippen molar-refractivity contribution in [2.75, 3.05) is 18.0 Å². The van der Waals surface area contributed by atoms with Gasteiger partial charge in [0.1, 0.15) is 11.3 Å². The van der Waals surface area contributed by atoms with Crippen molar-refractivity contribution >= 4 is 11.7 Å². The number of rotatable bonds is 3. The highest BCUT2D eigenvalue weighted by molar-refractivity contribution is 5.88. The number of ether oxygens (including phenoxy) is 1. The van der Waals surface area contributed by atoms with Gasteiger partial charge < -0.3 is 19.3 Å². The van der Waals surface area contributed by atoms with Gasteiger partial charge in [0.2, 0.25) is 0 Å². The molecule has 1 atom stereocenters. The quantitative estimate of drug-likeness (QED) is 0.768. The molecule has 1 saturated heterocycles. The maximum absolute atomic E-state index is 13.5. The summed E-state index contributed by atoms with van der Waals surface area (Å²) < 4.78 is 60.7. The first-order valence-corrected chi connectivity index (χ1v) is 9.39. The van der Waals surface area contributed by atoms with E-state index in [1.54, 1.807) is 10.6 Å². The predicted octanol–water partition coefficient (Wildman–Crippen LogP) is 2.79. The average molecular weight is 424 g/mol. The van der Waals surface area contributed by atoms with E-state index in [-0.39, 0.29) is 17.7 Å². The second-order valence-electron chi connectivity index (χ2n) is 7.82. The van der Waals surface area contributed by atoms with Crippen LogP contribution in [-0.2, 0) is 19.4 Å². The Morgan fingerprint density at radius 1 is 1.23 bits per heavy atom. The van der Waals surface area contributed by atoms with Crippen molar-refractivity contribution in [3.05, 3.63) is 45.2 Å². The molecular formula is C20H16F4N2O4. The minimum absolute atomic E-state index is 0.0507. The molecule has 1 aromatic heterocycles. The van der Waals surface area contributed by atoms with E-state index in [9.17, 15) is 32.3 Å². The summed E-state index contributed by atoms with van der Waals surface area (Å²) in [6, 6.07) is 2.78. The van der Waals surface area contributed by atoms with Gasteiger partial charge in [-0.1, -0.05) is 0 Å². The standard InChI is InChI=1S/C20H16F4N2O4/c21-18(22)16-4-11-9-1-2-25-6-12(19(28)29)15(27)5-13(25)10(9)3-14(17(11)30-16)26-7-20(23,24)8-26/h3,5-6,16,18H,1-2,4,7-8H2,(H,28,29). The summed E-state index contributed by atoms with van der Waals surface area (Å²) >= 11 is 0. The number of hydrogen-bond donors (Lipinski definition) is 1. The van der Waals surface area contributed by atoms with Gasteiger partial charge in [-0.25, -0.2) is 22.4 Å². The second-order valence-corrected chi connectivity index (χ2v) is 7.82. The van der Waals surface area contributed by atoms with Gasteiger partial charge in [-0.05, 0) is 18.1 Å². The fourth-order valence-electron chi connectivity index (χ4n) is 4.44. The van der Waals surface area contributed by atoms with Crippen molar-refractivity contribution in [1.82, 2.24) is 4.57 Å². The zero-order valence-electron chi connectivity index (χ0n) is 15.5. The molecule has 3 aliphatic rings. The number of carboxylic acids is 1. The predicted molar refractivity (Wildman–Crippen MR) is 98.1 cm³/mol. The van der Waals surface area contributed by atoms with Crippen LogP contribution >= 0.6 is 0 Å². The highest BCUT2D eigenvalue weighted by Gasteiger charge is 2.47. The number of aryl methyl sites for hydroxylation is 1. The van der Waals surface area contributed by atoms with Gasteiger partial charge in [0, 0.05) is 36.4 Å². The van der Waals surface area contributed by atoms with Crippen LogP contribution in [0, 0.1) is 0 Å². The van der Waals surface area contributed by atoms with Crippen molar-refractivity contribution < 1.29 is 32.2 Å². The third kappa shape index (κ3) is 2.77. The van der Waals surface area contributed by atoms with Crippen molar-refractivity contribution in [2.24, 2.45) is 0 Å². The third-order valence-electron chi connectivity index (χ3n) is 5.85. The summed E-state index contributed by atoms with van der Waals surface area (Å²) in [7, 11) is 0. The van der Waals surface area contributed by atoms with E-state index >= 15 is 0 Å². The Kier molecular flexibility index (Phi) is 3.93. The summed E-state index contributed by atoms with van der Waals surface area (Å²) in [6.45, 7) is -0.743. The number of anilines is 1. The first kappa shape index (κ1) is 19.0.